The van der Waals surface area contributed by atoms with Gasteiger partial charge in [0.15, 0.2) is 11.6 Å². The van der Waals surface area contributed by atoms with Gasteiger partial charge in [0.2, 0.25) is 0 Å². The lowest BCUT2D eigenvalue weighted by molar-refractivity contribution is 0.102. The number of halogens is 4. The predicted molar refractivity (Wildman–Crippen MR) is 91.0 cm³/mol. The molecule has 0 spiro atoms. The highest BCUT2D eigenvalue weighted by Gasteiger charge is 2.11. The van der Waals surface area contributed by atoms with Crippen LogP contribution in [0.2, 0.25) is 5.02 Å². The van der Waals surface area contributed by atoms with Crippen molar-refractivity contribution in [3.63, 3.8) is 0 Å². The molecule has 0 fully saturated rings. The second kappa shape index (κ2) is 7.40. The second-order valence-electron chi connectivity index (χ2n) is 5.12. The topological polar surface area (TPSA) is 66.9 Å². The van der Waals surface area contributed by atoms with Crippen molar-refractivity contribution in [2.75, 3.05) is 10.6 Å². The molecule has 0 atom stereocenters. The standard InChI is InChI=1S/C17H10ClF3N4O/c18-11-5-9(1-3-12(11)19)24-16-8-22-15(7-23-16)17(26)25-10-2-4-13(20)14(21)6-10/h1-8H,(H,23,24)(H,25,26). The molecule has 1 heterocycles. The molecule has 3 rings (SSSR count). The van der Waals surface area contributed by atoms with Crippen molar-refractivity contribution in [1.82, 2.24) is 9.97 Å². The van der Waals surface area contributed by atoms with Crippen LogP contribution >= 0.6 is 11.6 Å². The van der Waals surface area contributed by atoms with Crippen LogP contribution in [0, 0.1) is 17.5 Å². The van der Waals surface area contributed by atoms with Crippen LogP contribution in [-0.2, 0) is 0 Å². The summed E-state index contributed by atoms with van der Waals surface area (Å²) in [6.07, 6.45) is 2.49. The van der Waals surface area contributed by atoms with Crippen molar-refractivity contribution in [2.24, 2.45) is 0 Å². The highest BCUT2D eigenvalue weighted by Crippen LogP contribution is 2.21. The van der Waals surface area contributed by atoms with Crippen LogP contribution in [0.25, 0.3) is 0 Å². The van der Waals surface area contributed by atoms with Gasteiger partial charge < -0.3 is 10.6 Å². The van der Waals surface area contributed by atoms with E-state index in [1.807, 2.05) is 0 Å². The molecule has 0 saturated heterocycles. The maximum atomic E-state index is 13.1. The van der Waals surface area contributed by atoms with Gasteiger partial charge in [-0.3, -0.25) is 4.79 Å². The van der Waals surface area contributed by atoms with Crippen molar-refractivity contribution in [1.29, 1.82) is 0 Å². The molecule has 1 aromatic heterocycles. The van der Waals surface area contributed by atoms with Gasteiger partial charge >= 0.3 is 0 Å². The Morgan fingerprint density at radius 2 is 1.62 bits per heavy atom. The monoisotopic (exact) mass is 378 g/mol. The zero-order chi connectivity index (χ0) is 18.7. The SMILES string of the molecule is O=C(Nc1ccc(F)c(F)c1)c1cnc(Nc2ccc(F)c(Cl)c2)cn1. The minimum absolute atomic E-state index is 0.0302. The van der Waals surface area contributed by atoms with E-state index in [2.05, 4.69) is 20.6 Å². The molecular weight excluding hydrogens is 369 g/mol. The van der Waals surface area contributed by atoms with E-state index in [4.69, 9.17) is 11.6 Å². The fraction of sp³-hybridized carbons (Fsp3) is 0. The molecule has 0 aliphatic carbocycles. The quantitative estimate of drug-likeness (QED) is 0.699. The van der Waals surface area contributed by atoms with Gasteiger partial charge in [0.05, 0.1) is 17.4 Å². The third kappa shape index (κ3) is 4.09. The Hall–Kier alpha value is -3.13. The van der Waals surface area contributed by atoms with Gasteiger partial charge in [-0.1, -0.05) is 11.6 Å². The molecule has 3 aromatic rings. The van der Waals surface area contributed by atoms with Gasteiger partial charge in [-0.15, -0.1) is 0 Å². The molecule has 2 N–H and O–H groups in total. The fourth-order valence-corrected chi connectivity index (χ4v) is 2.18. The van der Waals surface area contributed by atoms with Gasteiger partial charge in [-0.2, -0.15) is 0 Å². The predicted octanol–water partition coefficient (Wildman–Crippen LogP) is 4.54. The number of nitrogens with zero attached hydrogens (tertiary/aromatic N) is 2. The van der Waals surface area contributed by atoms with Crippen molar-refractivity contribution in [2.45, 2.75) is 0 Å². The van der Waals surface area contributed by atoms with Crippen LogP contribution in [-0.4, -0.2) is 15.9 Å². The van der Waals surface area contributed by atoms with E-state index < -0.39 is 23.4 Å². The number of rotatable bonds is 4. The number of carbonyl (C=O) groups is 1. The van der Waals surface area contributed by atoms with Crippen LogP contribution in [0.15, 0.2) is 48.8 Å². The molecule has 0 aliphatic heterocycles. The first-order chi connectivity index (χ1) is 12.4. The summed E-state index contributed by atoms with van der Waals surface area (Å²) in [7, 11) is 0. The van der Waals surface area contributed by atoms with Crippen LogP contribution in [0.5, 0.6) is 0 Å². The van der Waals surface area contributed by atoms with Crippen LogP contribution < -0.4 is 10.6 Å². The zero-order valence-corrected chi connectivity index (χ0v) is 13.7. The number of anilines is 3. The molecular formula is C17H10ClF3N4O. The minimum atomic E-state index is -1.08. The maximum absolute atomic E-state index is 13.1. The summed E-state index contributed by atoms with van der Waals surface area (Å²) in [6.45, 7) is 0. The summed E-state index contributed by atoms with van der Waals surface area (Å²) in [5.41, 5.74) is 0.543. The summed E-state index contributed by atoms with van der Waals surface area (Å²) in [5.74, 6) is -2.98. The molecule has 5 nitrogen and oxygen atoms in total. The molecule has 0 saturated carbocycles. The van der Waals surface area contributed by atoms with Gasteiger partial charge in [-0.25, -0.2) is 23.1 Å². The summed E-state index contributed by atoms with van der Waals surface area (Å²) in [4.78, 5) is 20.0. The summed E-state index contributed by atoms with van der Waals surface area (Å²) in [5, 5.41) is 5.18. The number of hydrogen-bond donors (Lipinski definition) is 2. The highest BCUT2D eigenvalue weighted by atomic mass is 35.5. The Labute approximate surface area is 150 Å². The molecule has 0 aliphatic rings. The largest absolute Gasteiger partial charge is 0.339 e. The average molecular weight is 379 g/mol. The number of benzene rings is 2. The molecule has 2 aromatic carbocycles. The number of carbonyl (C=O) groups excluding carboxylic acids is 1. The summed E-state index contributed by atoms with van der Waals surface area (Å²) in [6, 6.07) is 7.01. The third-order valence-electron chi connectivity index (χ3n) is 3.25. The van der Waals surface area contributed by atoms with Gasteiger partial charge in [0.1, 0.15) is 17.3 Å². The lowest BCUT2D eigenvalue weighted by Crippen LogP contribution is -2.14. The van der Waals surface area contributed by atoms with Crippen LogP contribution in [0.4, 0.5) is 30.4 Å². The zero-order valence-electron chi connectivity index (χ0n) is 12.9. The fourth-order valence-electron chi connectivity index (χ4n) is 2.00. The molecule has 26 heavy (non-hydrogen) atoms. The first kappa shape index (κ1) is 17.7. The van der Waals surface area contributed by atoms with Crippen molar-refractivity contribution < 1.29 is 18.0 Å². The molecule has 1 amide bonds. The second-order valence-corrected chi connectivity index (χ2v) is 5.53. The normalized spacial score (nSPS) is 10.5. The van der Waals surface area contributed by atoms with E-state index in [9.17, 15) is 18.0 Å². The molecule has 0 bridgehead atoms. The highest BCUT2D eigenvalue weighted by molar-refractivity contribution is 6.31. The maximum Gasteiger partial charge on any atom is 0.275 e. The van der Waals surface area contributed by atoms with E-state index in [0.717, 1.165) is 12.1 Å². The van der Waals surface area contributed by atoms with Crippen molar-refractivity contribution in [3.8, 4) is 0 Å². The molecule has 9 heteroatoms. The molecule has 132 valence electrons. The van der Waals surface area contributed by atoms with Crippen molar-refractivity contribution in [3.05, 3.63) is 77.0 Å². The Bertz CT molecular complexity index is 967. The van der Waals surface area contributed by atoms with Crippen LogP contribution in [0.1, 0.15) is 10.5 Å². The first-order valence-corrected chi connectivity index (χ1v) is 7.61. The van der Waals surface area contributed by atoms with E-state index >= 15 is 0 Å². The number of aromatic nitrogens is 2. The Morgan fingerprint density at radius 3 is 2.27 bits per heavy atom. The Morgan fingerprint density at radius 1 is 0.885 bits per heavy atom. The van der Waals surface area contributed by atoms with Gasteiger partial charge in [-0.05, 0) is 30.3 Å². The minimum Gasteiger partial charge on any atom is -0.339 e. The lowest BCUT2D eigenvalue weighted by Gasteiger charge is -2.07. The smallest absolute Gasteiger partial charge is 0.275 e. The van der Waals surface area contributed by atoms with E-state index in [1.54, 1.807) is 0 Å². The Kier molecular flexibility index (Phi) is 5.04. The third-order valence-corrected chi connectivity index (χ3v) is 3.54. The molecule has 0 unspecified atom stereocenters. The van der Waals surface area contributed by atoms with E-state index in [-0.39, 0.29) is 16.4 Å². The lowest BCUT2D eigenvalue weighted by atomic mass is 10.3. The van der Waals surface area contributed by atoms with Crippen molar-refractivity contribution >= 4 is 34.7 Å². The summed E-state index contributed by atoms with van der Waals surface area (Å²) >= 11 is 5.69. The number of nitrogens with one attached hydrogen (secondary N) is 2. The van der Waals surface area contributed by atoms with Gasteiger partial charge in [0, 0.05) is 17.4 Å². The van der Waals surface area contributed by atoms with E-state index in [1.165, 1.54) is 36.7 Å². The first-order valence-electron chi connectivity index (χ1n) is 7.23. The average Bonchev–Trinajstić information content (AvgIpc) is 2.62. The van der Waals surface area contributed by atoms with E-state index in [0.29, 0.717) is 11.5 Å². The molecule has 0 radical (unpaired) electrons. The Balaban J connectivity index is 1.69. The summed E-state index contributed by atoms with van der Waals surface area (Å²) < 4.78 is 39.2. The van der Waals surface area contributed by atoms with Crippen LogP contribution in [0.3, 0.4) is 0 Å². The number of hydrogen-bond acceptors (Lipinski definition) is 4. The van der Waals surface area contributed by atoms with Gasteiger partial charge in [0.25, 0.3) is 5.91 Å². The number of amides is 1.